The Bertz CT molecular complexity index is 1480. The highest BCUT2D eigenvalue weighted by Crippen LogP contribution is 2.34. The molecule has 11 heteroatoms. The number of aliphatic imine (C=N–C) groups is 1. The van der Waals surface area contributed by atoms with Crippen molar-refractivity contribution >= 4 is 50.9 Å². The highest BCUT2D eigenvalue weighted by Gasteiger charge is 2.24. The van der Waals surface area contributed by atoms with Crippen molar-refractivity contribution in [1.82, 2.24) is 5.32 Å². The van der Waals surface area contributed by atoms with Gasteiger partial charge in [-0.15, -0.1) is 11.3 Å². The molecular formula is C24H21N5O4S2. The van der Waals surface area contributed by atoms with Gasteiger partial charge in [0.1, 0.15) is 16.7 Å². The minimum Gasteiger partial charge on any atom is -0.446 e. The second-order valence-electron chi connectivity index (χ2n) is 7.70. The number of nitrogens with two attached hydrogens (primary N) is 1. The smallest absolute Gasteiger partial charge is 0.271 e. The van der Waals surface area contributed by atoms with Crippen LogP contribution in [0.1, 0.15) is 27.0 Å². The Morgan fingerprint density at radius 3 is 2.60 bits per heavy atom. The van der Waals surface area contributed by atoms with Gasteiger partial charge < -0.3 is 20.4 Å². The average Bonchev–Trinajstić information content (AvgIpc) is 3.55. The van der Waals surface area contributed by atoms with Crippen molar-refractivity contribution in [3.05, 3.63) is 95.1 Å². The number of benzene rings is 2. The zero-order valence-corrected chi connectivity index (χ0v) is 19.9. The molecule has 0 bridgehead atoms. The standard InChI is InChI=1S/C24H21N5O4S2/c25-22-20-12-13-33-24(20)27-15-29(22)18-8-6-17(7-9-18)28-35(31,32)21-11-10-19(34-21)14-26-23(30)16-4-2-1-3-5-16/h1-13,15,22,28H,14,25H2,(H,26,30). The summed E-state index contributed by atoms with van der Waals surface area (Å²) in [5.74, 6) is 0.261. The number of thiophene rings is 1. The molecule has 4 N–H and O–H groups in total. The van der Waals surface area contributed by atoms with Gasteiger partial charge in [-0.3, -0.25) is 9.52 Å². The number of fused-ring (bicyclic) bond motifs is 1. The summed E-state index contributed by atoms with van der Waals surface area (Å²) in [5, 5.41) is 2.80. The van der Waals surface area contributed by atoms with Gasteiger partial charge in [-0.05, 0) is 54.6 Å². The zero-order valence-electron chi connectivity index (χ0n) is 18.3. The predicted octanol–water partition coefficient (Wildman–Crippen LogP) is 4.21. The monoisotopic (exact) mass is 507 g/mol. The Morgan fingerprint density at radius 1 is 1.06 bits per heavy atom. The number of carbonyl (C=O) groups is 1. The van der Waals surface area contributed by atoms with Crippen molar-refractivity contribution in [2.45, 2.75) is 16.9 Å². The van der Waals surface area contributed by atoms with Crippen molar-refractivity contribution in [2.75, 3.05) is 9.62 Å². The summed E-state index contributed by atoms with van der Waals surface area (Å²) in [6.07, 6.45) is 2.66. The number of anilines is 2. The van der Waals surface area contributed by atoms with Crippen LogP contribution < -0.4 is 20.7 Å². The van der Waals surface area contributed by atoms with Crippen molar-refractivity contribution in [2.24, 2.45) is 10.7 Å². The summed E-state index contributed by atoms with van der Waals surface area (Å²) in [6, 6.07) is 20.7. The number of carbonyl (C=O) groups excluding carboxylic acids is 1. The van der Waals surface area contributed by atoms with Gasteiger partial charge in [0.2, 0.25) is 5.88 Å². The molecule has 0 radical (unpaired) electrons. The van der Waals surface area contributed by atoms with Gasteiger partial charge in [0.15, 0.2) is 0 Å². The molecule has 2 aromatic heterocycles. The first-order valence-electron chi connectivity index (χ1n) is 10.6. The van der Waals surface area contributed by atoms with Crippen molar-refractivity contribution in [3.8, 4) is 0 Å². The number of nitrogens with one attached hydrogen (secondary N) is 2. The van der Waals surface area contributed by atoms with E-state index in [2.05, 4.69) is 15.0 Å². The normalized spacial score (nSPS) is 15.0. The largest absolute Gasteiger partial charge is 0.446 e. The number of furan rings is 1. The molecule has 4 aromatic rings. The first-order chi connectivity index (χ1) is 16.9. The van der Waals surface area contributed by atoms with E-state index in [4.69, 9.17) is 10.2 Å². The molecule has 0 saturated carbocycles. The zero-order chi connectivity index (χ0) is 24.4. The number of sulfonamides is 1. The third kappa shape index (κ3) is 4.83. The molecule has 5 rings (SSSR count). The van der Waals surface area contributed by atoms with E-state index in [0.29, 0.717) is 17.1 Å². The van der Waals surface area contributed by atoms with Crippen molar-refractivity contribution < 1.29 is 17.6 Å². The molecule has 1 amide bonds. The highest BCUT2D eigenvalue weighted by atomic mass is 32.2. The number of rotatable bonds is 7. The van der Waals surface area contributed by atoms with Crippen LogP contribution in [-0.2, 0) is 16.6 Å². The molecule has 178 valence electrons. The second kappa shape index (κ2) is 9.37. The fourth-order valence-electron chi connectivity index (χ4n) is 3.57. The maximum atomic E-state index is 12.9. The van der Waals surface area contributed by atoms with E-state index in [1.807, 2.05) is 6.07 Å². The molecule has 1 unspecified atom stereocenters. The van der Waals surface area contributed by atoms with Crippen LogP contribution in [0.2, 0.25) is 0 Å². The lowest BCUT2D eigenvalue weighted by atomic mass is 10.2. The van der Waals surface area contributed by atoms with Gasteiger partial charge in [0.25, 0.3) is 15.9 Å². The summed E-state index contributed by atoms with van der Waals surface area (Å²) in [6.45, 7) is 0.235. The number of nitrogens with zero attached hydrogens (tertiary/aromatic N) is 2. The minimum absolute atomic E-state index is 0.156. The van der Waals surface area contributed by atoms with Gasteiger partial charge in [-0.2, -0.15) is 0 Å². The molecule has 9 nitrogen and oxygen atoms in total. The molecule has 0 fully saturated rings. The van der Waals surface area contributed by atoms with Gasteiger partial charge in [0.05, 0.1) is 18.4 Å². The van der Waals surface area contributed by atoms with E-state index in [1.54, 1.807) is 71.9 Å². The number of hydrogen-bond donors (Lipinski definition) is 3. The molecular weight excluding hydrogens is 486 g/mol. The number of hydrogen-bond acceptors (Lipinski definition) is 8. The Morgan fingerprint density at radius 2 is 1.83 bits per heavy atom. The molecule has 1 aliphatic heterocycles. The first-order valence-corrected chi connectivity index (χ1v) is 12.9. The Kier molecular flexibility index (Phi) is 6.12. The molecule has 1 aliphatic rings. The summed E-state index contributed by atoms with van der Waals surface area (Å²) in [5.41, 5.74) is 8.78. The van der Waals surface area contributed by atoms with E-state index >= 15 is 0 Å². The van der Waals surface area contributed by atoms with Crippen LogP contribution in [0.3, 0.4) is 0 Å². The summed E-state index contributed by atoms with van der Waals surface area (Å²) < 4.78 is 33.8. The lowest BCUT2D eigenvalue weighted by Crippen LogP contribution is -2.35. The van der Waals surface area contributed by atoms with E-state index in [0.717, 1.165) is 27.5 Å². The molecule has 0 aliphatic carbocycles. The van der Waals surface area contributed by atoms with Crippen LogP contribution in [0, 0.1) is 0 Å². The molecule has 0 saturated heterocycles. The lowest BCUT2D eigenvalue weighted by molar-refractivity contribution is 0.0951. The number of amides is 1. The van der Waals surface area contributed by atoms with Crippen LogP contribution in [-0.4, -0.2) is 20.7 Å². The topological polar surface area (TPSA) is 130 Å². The Hall–Kier alpha value is -3.93. The highest BCUT2D eigenvalue weighted by molar-refractivity contribution is 7.94. The average molecular weight is 508 g/mol. The third-order valence-electron chi connectivity index (χ3n) is 5.37. The molecule has 1 atom stereocenters. The quantitative estimate of drug-likeness (QED) is 0.344. The van der Waals surface area contributed by atoms with Gasteiger partial charge in [-0.25, -0.2) is 13.4 Å². The van der Waals surface area contributed by atoms with Gasteiger partial charge in [-0.1, -0.05) is 18.2 Å². The van der Waals surface area contributed by atoms with Crippen LogP contribution >= 0.6 is 11.3 Å². The fraction of sp³-hybridized carbons (Fsp3) is 0.0833. The van der Waals surface area contributed by atoms with E-state index in [1.165, 1.54) is 12.3 Å². The van der Waals surface area contributed by atoms with E-state index in [-0.39, 0.29) is 16.7 Å². The second-order valence-corrected chi connectivity index (χ2v) is 10.8. The molecule has 2 aromatic carbocycles. The Labute approximate surface area is 206 Å². The maximum absolute atomic E-state index is 12.9. The van der Waals surface area contributed by atoms with Crippen LogP contribution in [0.15, 0.2) is 92.7 Å². The molecule has 35 heavy (non-hydrogen) atoms. The predicted molar refractivity (Wildman–Crippen MR) is 135 cm³/mol. The summed E-state index contributed by atoms with van der Waals surface area (Å²) in [4.78, 5) is 19.0. The maximum Gasteiger partial charge on any atom is 0.271 e. The molecule has 0 spiro atoms. The van der Waals surface area contributed by atoms with Crippen LogP contribution in [0.25, 0.3) is 0 Å². The van der Waals surface area contributed by atoms with E-state index < -0.39 is 16.2 Å². The SMILES string of the molecule is NC1c2ccoc2N=CN1c1ccc(NS(=O)(=O)c2ccc(CNC(=O)c3ccccc3)s2)cc1. The first kappa shape index (κ1) is 22.8. The lowest BCUT2D eigenvalue weighted by Gasteiger charge is -2.29. The van der Waals surface area contributed by atoms with Gasteiger partial charge in [0, 0.05) is 21.8 Å². The fourth-order valence-corrected chi connectivity index (χ4v) is 5.92. The molecule has 3 heterocycles. The Balaban J connectivity index is 1.23. The summed E-state index contributed by atoms with van der Waals surface area (Å²) in [7, 11) is -3.79. The van der Waals surface area contributed by atoms with Crippen molar-refractivity contribution in [1.29, 1.82) is 0 Å². The summed E-state index contributed by atoms with van der Waals surface area (Å²) >= 11 is 1.10. The van der Waals surface area contributed by atoms with Crippen LogP contribution in [0.5, 0.6) is 0 Å². The van der Waals surface area contributed by atoms with Crippen LogP contribution in [0.4, 0.5) is 17.3 Å². The van der Waals surface area contributed by atoms with Gasteiger partial charge >= 0.3 is 0 Å². The minimum atomic E-state index is -3.79. The van der Waals surface area contributed by atoms with E-state index in [9.17, 15) is 13.2 Å². The van der Waals surface area contributed by atoms with Crippen molar-refractivity contribution in [3.63, 3.8) is 0 Å². The third-order valence-corrected chi connectivity index (χ3v) is 8.33.